The van der Waals surface area contributed by atoms with Crippen molar-refractivity contribution in [2.75, 3.05) is 6.61 Å². The van der Waals surface area contributed by atoms with Gasteiger partial charge >= 0.3 is 0 Å². The predicted octanol–water partition coefficient (Wildman–Crippen LogP) is 2.80. The molecule has 1 aromatic rings. The van der Waals surface area contributed by atoms with Crippen molar-refractivity contribution in [3.8, 4) is 6.19 Å². The molecule has 1 aromatic carbocycles. The van der Waals surface area contributed by atoms with Crippen LogP contribution in [0.15, 0.2) is 29.3 Å². The van der Waals surface area contributed by atoms with Gasteiger partial charge < -0.3 is 4.74 Å². The van der Waals surface area contributed by atoms with Crippen LogP contribution in [0.5, 0.6) is 0 Å². The second-order valence-corrected chi connectivity index (χ2v) is 3.21. The fourth-order valence-corrected chi connectivity index (χ4v) is 1.35. The summed E-state index contributed by atoms with van der Waals surface area (Å²) in [5.74, 6) is 0.396. The van der Waals surface area contributed by atoms with Crippen LogP contribution >= 0.6 is 11.6 Å². The zero-order valence-electron chi connectivity index (χ0n) is 8.40. The molecule has 0 fully saturated rings. The van der Waals surface area contributed by atoms with Crippen LogP contribution < -0.4 is 0 Å². The van der Waals surface area contributed by atoms with Gasteiger partial charge in [0.1, 0.15) is 0 Å². The van der Waals surface area contributed by atoms with Gasteiger partial charge in [-0.25, -0.2) is 0 Å². The molecule has 0 unspecified atom stereocenters. The maximum atomic E-state index is 8.46. The first kappa shape index (κ1) is 11.5. The van der Waals surface area contributed by atoms with Gasteiger partial charge in [-0.1, -0.05) is 29.8 Å². The van der Waals surface area contributed by atoms with E-state index in [-0.39, 0.29) is 0 Å². The summed E-state index contributed by atoms with van der Waals surface area (Å²) in [6.07, 6.45) is 2.16. The Morgan fingerprint density at radius 1 is 1.53 bits per heavy atom. The van der Waals surface area contributed by atoms with Crippen LogP contribution in [-0.4, -0.2) is 12.5 Å². The smallest absolute Gasteiger partial charge is 0.208 e. The van der Waals surface area contributed by atoms with Crippen LogP contribution in [0.2, 0.25) is 5.02 Å². The monoisotopic (exact) mass is 222 g/mol. The molecule has 0 aliphatic rings. The molecule has 0 spiro atoms. The summed E-state index contributed by atoms with van der Waals surface area (Å²) in [5.41, 5.74) is 0.904. The number of benzene rings is 1. The second kappa shape index (κ2) is 6.05. The van der Waals surface area contributed by atoms with Crippen molar-refractivity contribution < 1.29 is 4.74 Å². The number of rotatable bonds is 3. The Balaban J connectivity index is 2.80. The number of aliphatic imine (C=N–C) groups is 1. The van der Waals surface area contributed by atoms with Crippen LogP contribution in [0.4, 0.5) is 0 Å². The van der Waals surface area contributed by atoms with Gasteiger partial charge in [0.25, 0.3) is 0 Å². The quantitative estimate of drug-likeness (QED) is 0.449. The summed E-state index contributed by atoms with van der Waals surface area (Å²) in [6, 6.07) is 7.42. The van der Waals surface area contributed by atoms with Crippen molar-refractivity contribution in [3.05, 3.63) is 34.9 Å². The summed E-state index contributed by atoms with van der Waals surface area (Å²) < 4.78 is 5.21. The van der Waals surface area contributed by atoms with E-state index in [1.54, 1.807) is 12.3 Å². The first-order valence-electron chi connectivity index (χ1n) is 4.59. The number of nitriles is 1. The SMILES string of the molecule is CCO/C(Cc1ccccc1Cl)=N\C#N. The molecule has 1 rings (SSSR count). The van der Waals surface area contributed by atoms with Crippen LogP contribution in [0, 0.1) is 11.5 Å². The lowest BCUT2D eigenvalue weighted by Crippen LogP contribution is -2.08. The van der Waals surface area contributed by atoms with E-state index in [0.717, 1.165) is 5.56 Å². The standard InChI is InChI=1S/C11H11ClN2O/c1-2-15-11(14-8-13)7-9-5-3-4-6-10(9)12/h3-6H,2,7H2,1H3/b14-11-. The average molecular weight is 223 g/mol. The predicted molar refractivity (Wildman–Crippen MR) is 59.8 cm³/mol. The van der Waals surface area contributed by atoms with Gasteiger partial charge in [-0.05, 0) is 18.6 Å². The fourth-order valence-electron chi connectivity index (χ4n) is 1.15. The first-order valence-corrected chi connectivity index (χ1v) is 4.97. The van der Waals surface area contributed by atoms with Crippen molar-refractivity contribution in [1.82, 2.24) is 0 Å². The van der Waals surface area contributed by atoms with E-state index < -0.39 is 0 Å². The van der Waals surface area contributed by atoms with Gasteiger partial charge in [-0.3, -0.25) is 0 Å². The molecule has 0 aliphatic carbocycles. The minimum Gasteiger partial charge on any atom is -0.480 e. The Morgan fingerprint density at radius 3 is 2.87 bits per heavy atom. The van der Waals surface area contributed by atoms with Crippen LogP contribution in [0.1, 0.15) is 12.5 Å². The highest BCUT2D eigenvalue weighted by atomic mass is 35.5. The molecule has 0 radical (unpaired) electrons. The zero-order chi connectivity index (χ0) is 11.1. The highest BCUT2D eigenvalue weighted by Crippen LogP contribution is 2.16. The lowest BCUT2D eigenvalue weighted by Gasteiger charge is -2.06. The van der Waals surface area contributed by atoms with E-state index in [2.05, 4.69) is 4.99 Å². The molecule has 0 amide bonds. The first-order chi connectivity index (χ1) is 7.27. The third-order valence-corrected chi connectivity index (χ3v) is 2.15. The number of ether oxygens (including phenoxy) is 1. The molecule has 0 N–H and O–H groups in total. The third-order valence-electron chi connectivity index (χ3n) is 1.79. The molecule has 0 bridgehead atoms. The molecule has 4 heteroatoms. The summed E-state index contributed by atoms with van der Waals surface area (Å²) in [5, 5.41) is 9.12. The summed E-state index contributed by atoms with van der Waals surface area (Å²) in [6.45, 7) is 2.34. The largest absolute Gasteiger partial charge is 0.480 e. The molecule has 3 nitrogen and oxygen atoms in total. The average Bonchev–Trinajstić information content (AvgIpc) is 2.22. The second-order valence-electron chi connectivity index (χ2n) is 2.81. The molecule has 0 atom stereocenters. The Bertz CT molecular complexity index is 396. The van der Waals surface area contributed by atoms with E-state index in [1.807, 2.05) is 25.1 Å². The minimum atomic E-state index is 0.396. The van der Waals surface area contributed by atoms with E-state index in [4.69, 9.17) is 21.6 Å². The molecule has 0 saturated carbocycles. The lowest BCUT2D eigenvalue weighted by molar-refractivity contribution is 0.320. The van der Waals surface area contributed by atoms with Gasteiger partial charge in [0.15, 0.2) is 0 Å². The Labute approximate surface area is 94.0 Å². The molecule has 15 heavy (non-hydrogen) atoms. The van der Waals surface area contributed by atoms with Gasteiger partial charge in [0.2, 0.25) is 12.1 Å². The van der Waals surface area contributed by atoms with Crippen molar-refractivity contribution in [3.63, 3.8) is 0 Å². The van der Waals surface area contributed by atoms with Crippen molar-refractivity contribution in [2.24, 2.45) is 4.99 Å². The minimum absolute atomic E-state index is 0.396. The summed E-state index contributed by atoms with van der Waals surface area (Å²) >= 11 is 5.98. The van der Waals surface area contributed by atoms with Gasteiger partial charge in [-0.2, -0.15) is 5.26 Å². The number of hydrogen-bond donors (Lipinski definition) is 0. The van der Waals surface area contributed by atoms with E-state index in [0.29, 0.717) is 23.9 Å². The summed E-state index contributed by atoms with van der Waals surface area (Å²) in [4.78, 5) is 3.59. The Hall–Kier alpha value is -1.53. The van der Waals surface area contributed by atoms with Crippen molar-refractivity contribution in [2.45, 2.75) is 13.3 Å². The maximum absolute atomic E-state index is 8.46. The molecule has 0 heterocycles. The lowest BCUT2D eigenvalue weighted by atomic mass is 10.1. The molecule has 0 aromatic heterocycles. The molecule has 0 saturated heterocycles. The van der Waals surface area contributed by atoms with Crippen LogP contribution in [0.25, 0.3) is 0 Å². The molecular formula is C11H11ClN2O. The molecule has 78 valence electrons. The van der Waals surface area contributed by atoms with Gasteiger partial charge in [-0.15, -0.1) is 4.99 Å². The molecule has 0 aliphatic heterocycles. The maximum Gasteiger partial charge on any atom is 0.208 e. The van der Waals surface area contributed by atoms with E-state index in [9.17, 15) is 0 Å². The normalized spacial score (nSPS) is 10.9. The third kappa shape index (κ3) is 3.61. The van der Waals surface area contributed by atoms with Gasteiger partial charge in [0, 0.05) is 5.02 Å². The molecular weight excluding hydrogens is 212 g/mol. The number of hydrogen-bond acceptors (Lipinski definition) is 3. The van der Waals surface area contributed by atoms with Gasteiger partial charge in [0.05, 0.1) is 13.0 Å². The van der Waals surface area contributed by atoms with E-state index in [1.165, 1.54) is 0 Å². The van der Waals surface area contributed by atoms with Crippen LogP contribution in [-0.2, 0) is 11.2 Å². The van der Waals surface area contributed by atoms with Crippen molar-refractivity contribution >= 4 is 17.5 Å². The number of halogens is 1. The zero-order valence-corrected chi connectivity index (χ0v) is 9.16. The van der Waals surface area contributed by atoms with Crippen molar-refractivity contribution in [1.29, 1.82) is 5.26 Å². The Kier molecular flexibility index (Phi) is 4.65. The summed E-state index contributed by atoms with van der Waals surface area (Å²) in [7, 11) is 0. The number of nitrogens with zero attached hydrogens (tertiary/aromatic N) is 2. The highest BCUT2D eigenvalue weighted by molar-refractivity contribution is 6.31. The fraction of sp³-hybridized carbons (Fsp3) is 0.273. The highest BCUT2D eigenvalue weighted by Gasteiger charge is 2.05. The van der Waals surface area contributed by atoms with Crippen LogP contribution in [0.3, 0.4) is 0 Å². The van der Waals surface area contributed by atoms with E-state index >= 15 is 0 Å². The Morgan fingerprint density at radius 2 is 2.27 bits per heavy atom. The topological polar surface area (TPSA) is 45.4 Å².